The van der Waals surface area contributed by atoms with Gasteiger partial charge in [-0.1, -0.05) is 97.1 Å². The molecule has 0 fully saturated rings. The molecule has 6 aromatic carbocycles. The molecule has 0 aliphatic rings. The van der Waals surface area contributed by atoms with E-state index in [1.165, 1.54) is 25.7 Å². The maximum atomic E-state index is 6.25. The first-order valence-corrected chi connectivity index (χ1v) is 15.3. The molecule has 4 nitrogen and oxygen atoms in total. The highest BCUT2D eigenvalue weighted by Crippen LogP contribution is 2.40. The Labute approximate surface area is 256 Å². The third-order valence-electron chi connectivity index (χ3n) is 8.15. The number of furan rings is 1. The zero-order valence-corrected chi connectivity index (χ0v) is 24.3. The second kappa shape index (κ2) is 9.97. The highest BCUT2D eigenvalue weighted by Gasteiger charge is 2.17. The first kappa shape index (κ1) is 24.9. The van der Waals surface area contributed by atoms with Crippen molar-refractivity contribution in [2.24, 2.45) is 0 Å². The van der Waals surface area contributed by atoms with E-state index in [4.69, 9.17) is 19.4 Å². The number of nitrogens with zero attached hydrogens (tertiary/aromatic N) is 3. The second-order valence-corrected chi connectivity index (χ2v) is 11.9. The van der Waals surface area contributed by atoms with Crippen LogP contribution in [0.15, 0.2) is 144 Å². The van der Waals surface area contributed by atoms with E-state index in [0.717, 1.165) is 44.2 Å². The summed E-state index contributed by atoms with van der Waals surface area (Å²) in [6.07, 6.45) is 0. The quantitative estimate of drug-likeness (QED) is 0.207. The van der Waals surface area contributed by atoms with E-state index in [9.17, 15) is 0 Å². The number of hydrogen-bond acceptors (Lipinski definition) is 5. The van der Waals surface area contributed by atoms with Gasteiger partial charge in [0.15, 0.2) is 17.5 Å². The number of hydrogen-bond donors (Lipinski definition) is 0. The molecule has 0 saturated heterocycles. The van der Waals surface area contributed by atoms with Gasteiger partial charge in [0.1, 0.15) is 11.2 Å². The van der Waals surface area contributed by atoms with E-state index in [0.29, 0.717) is 17.5 Å². The maximum absolute atomic E-state index is 6.25. The fourth-order valence-corrected chi connectivity index (χ4v) is 7.20. The molecule has 0 unspecified atom stereocenters. The molecule has 9 rings (SSSR count). The maximum Gasteiger partial charge on any atom is 0.165 e. The van der Waals surface area contributed by atoms with Gasteiger partial charge in [-0.05, 0) is 53.6 Å². The number of aromatic nitrogens is 3. The van der Waals surface area contributed by atoms with Crippen LogP contribution in [-0.2, 0) is 0 Å². The molecule has 0 radical (unpaired) electrons. The molecule has 0 atom stereocenters. The second-order valence-electron chi connectivity index (χ2n) is 10.8. The molecule has 9 aromatic rings. The van der Waals surface area contributed by atoms with Crippen molar-refractivity contribution < 1.29 is 4.42 Å². The summed E-state index contributed by atoms with van der Waals surface area (Å²) >= 11 is 1.78. The molecule has 0 aliphatic carbocycles. The number of thiophene rings is 1. The van der Waals surface area contributed by atoms with Crippen LogP contribution in [0, 0.1) is 0 Å². The first-order valence-electron chi connectivity index (χ1n) is 14.5. The Bertz CT molecular complexity index is 2500. The van der Waals surface area contributed by atoms with Gasteiger partial charge in [-0.15, -0.1) is 11.3 Å². The summed E-state index contributed by atoms with van der Waals surface area (Å²) in [5.41, 5.74) is 6.88. The minimum atomic E-state index is 0.627. The van der Waals surface area contributed by atoms with Crippen molar-refractivity contribution in [3.63, 3.8) is 0 Å². The van der Waals surface area contributed by atoms with E-state index < -0.39 is 0 Å². The number of rotatable bonds is 4. The van der Waals surface area contributed by atoms with Crippen molar-refractivity contribution in [3.05, 3.63) is 140 Å². The van der Waals surface area contributed by atoms with Crippen LogP contribution in [0.25, 0.3) is 87.4 Å². The Morgan fingerprint density at radius 1 is 0.409 bits per heavy atom. The largest absolute Gasteiger partial charge is 0.456 e. The molecule has 3 heterocycles. The minimum Gasteiger partial charge on any atom is -0.456 e. The van der Waals surface area contributed by atoms with Crippen LogP contribution in [0.3, 0.4) is 0 Å². The minimum absolute atomic E-state index is 0.627. The lowest BCUT2D eigenvalue weighted by Gasteiger charge is -2.09. The van der Waals surface area contributed by atoms with Crippen molar-refractivity contribution in [3.8, 4) is 45.3 Å². The molecule has 3 aromatic heterocycles. The molecule has 5 heteroatoms. The molecule has 44 heavy (non-hydrogen) atoms. The monoisotopic (exact) mass is 581 g/mol. The van der Waals surface area contributed by atoms with Crippen LogP contribution >= 0.6 is 11.3 Å². The standard InChI is InChI=1S/C39H23N3OS/c1-3-10-24(11-4-1)26-18-20-33-31(22-26)32-23-27(19-21-34(32)43-33)38-40-37(25-12-5-2-6-13-25)41-39(42-38)30-16-9-15-29-28-14-7-8-17-35(28)44-36(29)30/h1-23H. The van der Waals surface area contributed by atoms with Crippen LogP contribution in [0.4, 0.5) is 0 Å². The SMILES string of the molecule is c1ccc(-c2ccc3oc4ccc(-c5nc(-c6ccccc6)nc(-c6cccc7c6sc6ccccc67)n5)cc4c3c2)cc1. The van der Waals surface area contributed by atoms with Crippen LogP contribution in [0.1, 0.15) is 0 Å². The summed E-state index contributed by atoms with van der Waals surface area (Å²) < 4.78 is 8.67. The van der Waals surface area contributed by atoms with Gasteiger partial charge in [-0.2, -0.15) is 0 Å². The topological polar surface area (TPSA) is 51.8 Å². The van der Waals surface area contributed by atoms with Gasteiger partial charge in [-0.3, -0.25) is 0 Å². The van der Waals surface area contributed by atoms with Gasteiger partial charge < -0.3 is 4.42 Å². The van der Waals surface area contributed by atoms with Gasteiger partial charge in [0.25, 0.3) is 0 Å². The van der Waals surface area contributed by atoms with Gasteiger partial charge in [0.2, 0.25) is 0 Å². The van der Waals surface area contributed by atoms with Crippen LogP contribution in [-0.4, -0.2) is 15.0 Å². The Morgan fingerprint density at radius 2 is 1.00 bits per heavy atom. The smallest absolute Gasteiger partial charge is 0.165 e. The fraction of sp³-hybridized carbons (Fsp3) is 0. The summed E-state index contributed by atoms with van der Waals surface area (Å²) in [6.45, 7) is 0. The van der Waals surface area contributed by atoms with Gasteiger partial charge in [0.05, 0.1) is 0 Å². The number of benzene rings is 6. The zero-order chi connectivity index (χ0) is 29.0. The summed E-state index contributed by atoms with van der Waals surface area (Å²) in [6, 6.07) is 48.0. The zero-order valence-electron chi connectivity index (χ0n) is 23.4. The molecular weight excluding hydrogens is 559 g/mol. The normalized spacial score (nSPS) is 11.6. The third-order valence-corrected chi connectivity index (χ3v) is 9.37. The van der Waals surface area contributed by atoms with Crippen LogP contribution < -0.4 is 0 Å². The van der Waals surface area contributed by atoms with Crippen LogP contribution in [0.5, 0.6) is 0 Å². The average molecular weight is 582 g/mol. The highest BCUT2D eigenvalue weighted by molar-refractivity contribution is 7.26. The van der Waals surface area contributed by atoms with E-state index in [-0.39, 0.29) is 0 Å². The summed E-state index contributed by atoms with van der Waals surface area (Å²) in [4.78, 5) is 15.2. The fourth-order valence-electron chi connectivity index (χ4n) is 5.99. The average Bonchev–Trinajstić information content (AvgIpc) is 3.66. The molecule has 0 N–H and O–H groups in total. The Kier molecular flexibility index (Phi) is 5.64. The third kappa shape index (κ3) is 4.09. The van der Waals surface area contributed by atoms with Crippen molar-refractivity contribution in [1.82, 2.24) is 15.0 Å². The van der Waals surface area contributed by atoms with Crippen molar-refractivity contribution in [1.29, 1.82) is 0 Å². The summed E-state index contributed by atoms with van der Waals surface area (Å²) in [5, 5.41) is 4.56. The molecule has 0 saturated carbocycles. The van der Waals surface area contributed by atoms with Gasteiger partial charge in [-0.25, -0.2) is 15.0 Å². The Morgan fingerprint density at radius 3 is 1.77 bits per heavy atom. The lowest BCUT2D eigenvalue weighted by molar-refractivity contribution is 0.669. The van der Waals surface area contributed by atoms with Crippen molar-refractivity contribution in [2.75, 3.05) is 0 Å². The Hall–Kier alpha value is -5.65. The molecule has 0 spiro atoms. The summed E-state index contributed by atoms with van der Waals surface area (Å²) in [5.74, 6) is 1.93. The predicted octanol–water partition coefficient (Wildman–Crippen LogP) is 10.8. The predicted molar refractivity (Wildman–Crippen MR) is 182 cm³/mol. The Balaban J connectivity index is 1.26. The van der Waals surface area contributed by atoms with Gasteiger partial charge in [0, 0.05) is 47.6 Å². The molecular formula is C39H23N3OS. The molecule has 0 bridgehead atoms. The summed E-state index contributed by atoms with van der Waals surface area (Å²) in [7, 11) is 0. The first-order chi connectivity index (χ1) is 21.8. The van der Waals surface area contributed by atoms with Crippen LogP contribution in [0.2, 0.25) is 0 Å². The number of fused-ring (bicyclic) bond motifs is 6. The van der Waals surface area contributed by atoms with E-state index >= 15 is 0 Å². The molecule has 206 valence electrons. The van der Waals surface area contributed by atoms with Crippen molar-refractivity contribution in [2.45, 2.75) is 0 Å². The van der Waals surface area contributed by atoms with Gasteiger partial charge >= 0.3 is 0 Å². The lowest BCUT2D eigenvalue weighted by atomic mass is 10.0. The van der Waals surface area contributed by atoms with Crippen molar-refractivity contribution >= 4 is 53.4 Å². The molecule has 0 aliphatic heterocycles. The lowest BCUT2D eigenvalue weighted by Crippen LogP contribution is -2.00. The van der Waals surface area contributed by atoms with E-state index in [2.05, 4.69) is 91.0 Å². The van der Waals surface area contributed by atoms with E-state index in [1.807, 2.05) is 48.5 Å². The highest BCUT2D eigenvalue weighted by atomic mass is 32.1. The molecule has 0 amide bonds. The van der Waals surface area contributed by atoms with E-state index in [1.54, 1.807) is 11.3 Å².